The second kappa shape index (κ2) is 13.5. The summed E-state index contributed by atoms with van der Waals surface area (Å²) >= 11 is 6.47. The fourth-order valence-corrected chi connectivity index (χ4v) is 6.78. The van der Waals surface area contributed by atoms with Crippen LogP contribution in [0.5, 0.6) is 0 Å². The van der Waals surface area contributed by atoms with Crippen LogP contribution in [-0.2, 0) is 26.2 Å². The molecule has 4 rings (SSSR count). The molecular weight excluding hydrogens is 558 g/mol. The fourth-order valence-electron chi connectivity index (χ4n) is 5.17. The number of amides is 2. The molecule has 1 aliphatic carbocycles. The predicted molar refractivity (Wildman–Crippen MR) is 163 cm³/mol. The summed E-state index contributed by atoms with van der Waals surface area (Å²) in [6.45, 7) is 5.24. The molecule has 9 heteroatoms. The Labute approximate surface area is 248 Å². The highest BCUT2D eigenvalue weighted by atomic mass is 35.5. The zero-order chi connectivity index (χ0) is 29.6. The predicted octanol–water partition coefficient (Wildman–Crippen LogP) is 6.02. The third kappa shape index (κ3) is 7.49. The van der Waals surface area contributed by atoms with Crippen molar-refractivity contribution in [3.8, 4) is 0 Å². The Hall–Kier alpha value is -3.36. The zero-order valence-electron chi connectivity index (χ0n) is 23.8. The van der Waals surface area contributed by atoms with E-state index in [0.717, 1.165) is 41.1 Å². The van der Waals surface area contributed by atoms with Crippen LogP contribution in [0.25, 0.3) is 0 Å². The molecule has 1 aliphatic rings. The van der Waals surface area contributed by atoms with Gasteiger partial charge in [0.1, 0.15) is 12.6 Å². The summed E-state index contributed by atoms with van der Waals surface area (Å²) in [5.41, 5.74) is 2.93. The molecule has 1 atom stereocenters. The molecule has 0 aliphatic heterocycles. The number of nitrogens with one attached hydrogen (secondary N) is 1. The van der Waals surface area contributed by atoms with Crippen LogP contribution in [0.4, 0.5) is 5.69 Å². The largest absolute Gasteiger partial charge is 0.352 e. The van der Waals surface area contributed by atoms with Gasteiger partial charge in [-0.25, -0.2) is 8.42 Å². The Morgan fingerprint density at radius 3 is 2.10 bits per heavy atom. The molecule has 3 aromatic carbocycles. The van der Waals surface area contributed by atoms with E-state index in [-0.39, 0.29) is 23.4 Å². The van der Waals surface area contributed by atoms with E-state index in [9.17, 15) is 18.0 Å². The van der Waals surface area contributed by atoms with Gasteiger partial charge in [0.2, 0.25) is 11.8 Å². The molecule has 0 saturated heterocycles. The van der Waals surface area contributed by atoms with Gasteiger partial charge in [-0.2, -0.15) is 0 Å². The van der Waals surface area contributed by atoms with Crippen LogP contribution in [0, 0.1) is 13.8 Å². The van der Waals surface area contributed by atoms with Crippen molar-refractivity contribution < 1.29 is 18.0 Å². The van der Waals surface area contributed by atoms with Crippen molar-refractivity contribution in [1.29, 1.82) is 0 Å². The van der Waals surface area contributed by atoms with Gasteiger partial charge in [-0.15, -0.1) is 0 Å². The van der Waals surface area contributed by atoms with Gasteiger partial charge in [0, 0.05) is 17.6 Å². The van der Waals surface area contributed by atoms with Gasteiger partial charge < -0.3 is 10.2 Å². The quantitative estimate of drug-likeness (QED) is 0.294. The van der Waals surface area contributed by atoms with E-state index in [0.29, 0.717) is 22.7 Å². The van der Waals surface area contributed by atoms with E-state index in [2.05, 4.69) is 5.32 Å². The lowest BCUT2D eigenvalue weighted by molar-refractivity contribution is -0.140. The fraction of sp³-hybridized carbons (Fsp3) is 0.375. The average molecular weight is 596 g/mol. The smallest absolute Gasteiger partial charge is 0.264 e. The molecule has 218 valence electrons. The second-order valence-electron chi connectivity index (χ2n) is 10.7. The molecule has 0 radical (unpaired) electrons. The van der Waals surface area contributed by atoms with E-state index in [4.69, 9.17) is 11.6 Å². The SMILES string of the molecule is CCC(C(=O)NC1CCCC1)N(Cc1ccccc1Cl)C(=O)CN(c1ccc(C)cc1)S(=O)(=O)c1ccc(C)cc1. The van der Waals surface area contributed by atoms with Crippen molar-refractivity contribution in [2.75, 3.05) is 10.8 Å². The monoisotopic (exact) mass is 595 g/mol. The Morgan fingerprint density at radius 1 is 0.927 bits per heavy atom. The maximum absolute atomic E-state index is 14.2. The van der Waals surface area contributed by atoms with Crippen molar-refractivity contribution in [2.24, 2.45) is 0 Å². The van der Waals surface area contributed by atoms with Gasteiger partial charge in [0.05, 0.1) is 10.6 Å². The molecule has 7 nitrogen and oxygen atoms in total. The van der Waals surface area contributed by atoms with E-state index < -0.39 is 28.5 Å². The van der Waals surface area contributed by atoms with Crippen molar-refractivity contribution in [2.45, 2.75) is 76.4 Å². The summed E-state index contributed by atoms with van der Waals surface area (Å²) in [6.07, 6.45) is 4.32. The molecule has 0 aromatic heterocycles. The minimum atomic E-state index is -4.11. The van der Waals surface area contributed by atoms with Crippen LogP contribution in [0.2, 0.25) is 5.02 Å². The highest BCUT2D eigenvalue weighted by molar-refractivity contribution is 7.92. The van der Waals surface area contributed by atoms with E-state index in [1.165, 1.54) is 4.90 Å². The van der Waals surface area contributed by atoms with Gasteiger partial charge in [0.25, 0.3) is 10.0 Å². The first-order valence-electron chi connectivity index (χ1n) is 14.1. The first-order chi connectivity index (χ1) is 19.6. The Kier molecular flexibility index (Phi) is 10.1. The summed E-state index contributed by atoms with van der Waals surface area (Å²) in [4.78, 5) is 29.3. The normalized spacial score (nSPS) is 14.4. The number of carbonyl (C=O) groups excluding carboxylic acids is 2. The highest BCUT2D eigenvalue weighted by Gasteiger charge is 2.34. The molecule has 3 aromatic rings. The van der Waals surface area contributed by atoms with Gasteiger partial charge in [-0.05, 0) is 69.0 Å². The number of halogens is 1. The number of aryl methyl sites for hydroxylation is 2. The highest BCUT2D eigenvalue weighted by Crippen LogP contribution is 2.27. The molecule has 0 bridgehead atoms. The Balaban J connectivity index is 1.72. The van der Waals surface area contributed by atoms with E-state index in [1.807, 2.05) is 45.0 Å². The molecule has 41 heavy (non-hydrogen) atoms. The maximum atomic E-state index is 14.2. The number of sulfonamides is 1. The van der Waals surface area contributed by atoms with E-state index >= 15 is 0 Å². The second-order valence-corrected chi connectivity index (χ2v) is 13.0. The minimum absolute atomic E-state index is 0.0709. The van der Waals surface area contributed by atoms with Crippen LogP contribution in [-0.4, -0.2) is 43.8 Å². The summed E-state index contributed by atoms with van der Waals surface area (Å²) in [7, 11) is -4.11. The number of benzene rings is 3. The molecule has 0 spiro atoms. The molecular formula is C32H38ClN3O4S. The van der Waals surface area contributed by atoms with Crippen LogP contribution in [0.3, 0.4) is 0 Å². The first kappa shape index (κ1) is 30.6. The topological polar surface area (TPSA) is 86.8 Å². The number of nitrogens with zero attached hydrogens (tertiary/aromatic N) is 2. The Morgan fingerprint density at radius 2 is 1.51 bits per heavy atom. The number of anilines is 1. The summed E-state index contributed by atoms with van der Waals surface area (Å²) in [6, 6.07) is 20.0. The van der Waals surface area contributed by atoms with Crippen LogP contribution < -0.4 is 9.62 Å². The maximum Gasteiger partial charge on any atom is 0.264 e. The average Bonchev–Trinajstić information content (AvgIpc) is 3.46. The molecule has 1 fully saturated rings. The van der Waals surface area contributed by atoms with Crippen LogP contribution in [0.1, 0.15) is 55.7 Å². The van der Waals surface area contributed by atoms with Gasteiger partial charge in [-0.3, -0.25) is 13.9 Å². The van der Waals surface area contributed by atoms with Crippen molar-refractivity contribution in [3.05, 3.63) is 94.5 Å². The lowest BCUT2D eigenvalue weighted by atomic mass is 10.1. The third-order valence-corrected chi connectivity index (χ3v) is 9.75. The number of carbonyl (C=O) groups is 2. The summed E-state index contributed by atoms with van der Waals surface area (Å²) in [5, 5.41) is 3.59. The van der Waals surface area contributed by atoms with Gasteiger partial charge in [-0.1, -0.05) is 85.0 Å². The third-order valence-electron chi connectivity index (χ3n) is 7.60. The zero-order valence-corrected chi connectivity index (χ0v) is 25.4. The standard InChI is InChI=1S/C32H38ClN3O4S/c1-4-30(32(38)34-26-10-6-7-11-26)35(21-25-9-5-8-12-29(25)33)31(37)22-36(27-17-13-23(2)14-18-27)41(39,40)28-19-15-24(3)16-20-28/h5,8-9,12-20,26,30H,4,6-7,10-11,21-22H2,1-3H3,(H,34,38). The van der Waals surface area contributed by atoms with Crippen molar-refractivity contribution >= 4 is 39.1 Å². The minimum Gasteiger partial charge on any atom is -0.352 e. The Bertz CT molecular complexity index is 1450. The molecule has 0 heterocycles. The number of rotatable bonds is 11. The molecule has 1 unspecified atom stereocenters. The van der Waals surface area contributed by atoms with Crippen molar-refractivity contribution in [3.63, 3.8) is 0 Å². The molecule has 1 saturated carbocycles. The number of hydrogen-bond acceptors (Lipinski definition) is 4. The lowest BCUT2D eigenvalue weighted by Crippen LogP contribution is -2.53. The lowest BCUT2D eigenvalue weighted by Gasteiger charge is -2.34. The van der Waals surface area contributed by atoms with Crippen LogP contribution >= 0.6 is 11.6 Å². The summed E-state index contributed by atoms with van der Waals surface area (Å²) in [5.74, 6) is -0.724. The van der Waals surface area contributed by atoms with E-state index in [1.54, 1.807) is 48.5 Å². The first-order valence-corrected chi connectivity index (χ1v) is 15.9. The van der Waals surface area contributed by atoms with Crippen molar-refractivity contribution in [1.82, 2.24) is 10.2 Å². The van der Waals surface area contributed by atoms with Crippen LogP contribution in [0.15, 0.2) is 77.7 Å². The molecule has 1 N–H and O–H groups in total. The number of hydrogen-bond donors (Lipinski definition) is 1. The van der Waals surface area contributed by atoms with Gasteiger partial charge in [0.15, 0.2) is 0 Å². The molecule has 2 amide bonds. The summed E-state index contributed by atoms with van der Waals surface area (Å²) < 4.78 is 29.0. The van der Waals surface area contributed by atoms with Gasteiger partial charge >= 0.3 is 0 Å².